The van der Waals surface area contributed by atoms with Gasteiger partial charge in [-0.15, -0.1) is 0 Å². The number of benzene rings is 1. The number of hydrogen-bond donors (Lipinski definition) is 2. The van der Waals surface area contributed by atoms with Crippen LogP contribution in [0.1, 0.15) is 39.2 Å². The van der Waals surface area contributed by atoms with E-state index in [2.05, 4.69) is 18.6 Å². The lowest BCUT2D eigenvalue weighted by molar-refractivity contribution is 0.281. The third-order valence-corrected chi connectivity index (χ3v) is 5.07. The Morgan fingerprint density at radius 1 is 1.25 bits per heavy atom. The molecule has 2 N–H and O–H groups in total. The van der Waals surface area contributed by atoms with Crippen LogP contribution in [0.25, 0.3) is 0 Å². The van der Waals surface area contributed by atoms with E-state index in [1.807, 2.05) is 6.92 Å². The molecule has 114 valence electrons. The molecule has 0 spiro atoms. The van der Waals surface area contributed by atoms with Crippen LogP contribution in [-0.2, 0) is 16.6 Å². The molecule has 0 heterocycles. The second-order valence-electron chi connectivity index (χ2n) is 5.42. The molecule has 0 aliphatic rings. The lowest BCUT2D eigenvalue weighted by Crippen LogP contribution is -2.33. The highest BCUT2D eigenvalue weighted by Gasteiger charge is 2.20. The van der Waals surface area contributed by atoms with Crippen LogP contribution in [0.4, 0.5) is 0 Å². The minimum absolute atomic E-state index is 0.0158. The summed E-state index contributed by atoms with van der Waals surface area (Å²) in [5, 5.41) is 9.25. The summed E-state index contributed by atoms with van der Waals surface area (Å²) in [7, 11) is -3.66. The van der Waals surface area contributed by atoms with E-state index in [-0.39, 0.29) is 22.6 Å². The average molecular weight is 320 g/mol. The van der Waals surface area contributed by atoms with Gasteiger partial charge in [0, 0.05) is 6.04 Å². The number of halogens is 1. The third-order valence-electron chi connectivity index (χ3n) is 3.00. The monoisotopic (exact) mass is 319 g/mol. The second-order valence-corrected chi connectivity index (χ2v) is 7.51. The molecule has 20 heavy (non-hydrogen) atoms. The Kier molecular flexibility index (Phi) is 6.45. The molecule has 0 aliphatic heterocycles. The zero-order valence-corrected chi connectivity index (χ0v) is 13.6. The van der Waals surface area contributed by atoms with E-state index < -0.39 is 10.0 Å². The van der Waals surface area contributed by atoms with E-state index in [0.29, 0.717) is 11.5 Å². The van der Waals surface area contributed by atoms with Gasteiger partial charge in [0.15, 0.2) is 0 Å². The van der Waals surface area contributed by atoms with Crippen LogP contribution < -0.4 is 4.72 Å². The average Bonchev–Trinajstić information content (AvgIpc) is 2.36. The van der Waals surface area contributed by atoms with E-state index in [1.54, 1.807) is 6.07 Å². The van der Waals surface area contributed by atoms with Crippen LogP contribution in [0.3, 0.4) is 0 Å². The first kappa shape index (κ1) is 17.4. The van der Waals surface area contributed by atoms with Crippen molar-refractivity contribution in [1.82, 2.24) is 4.72 Å². The Bertz CT molecular complexity index is 543. The van der Waals surface area contributed by atoms with Gasteiger partial charge in [0.05, 0.1) is 11.6 Å². The molecule has 0 fully saturated rings. The van der Waals surface area contributed by atoms with Crippen molar-refractivity contribution in [2.24, 2.45) is 5.92 Å². The smallest absolute Gasteiger partial charge is 0.242 e. The number of rotatable bonds is 7. The number of nitrogens with one attached hydrogen (secondary N) is 1. The Morgan fingerprint density at radius 2 is 1.90 bits per heavy atom. The summed E-state index contributed by atoms with van der Waals surface area (Å²) in [5.74, 6) is 0.531. The Balaban J connectivity index is 2.88. The predicted octanol–water partition coefficient (Wildman–Crippen LogP) is 2.94. The molecular weight excluding hydrogens is 298 g/mol. The molecule has 1 atom stereocenters. The molecule has 0 aliphatic carbocycles. The lowest BCUT2D eigenvalue weighted by Gasteiger charge is -2.16. The highest BCUT2D eigenvalue weighted by atomic mass is 35.5. The number of sulfonamides is 1. The maximum atomic E-state index is 12.3. The van der Waals surface area contributed by atoms with Crippen molar-refractivity contribution in [2.45, 2.75) is 51.2 Å². The molecule has 1 rings (SSSR count). The number of hydrogen-bond acceptors (Lipinski definition) is 3. The Labute approximate surface area is 126 Å². The van der Waals surface area contributed by atoms with Crippen LogP contribution in [0.5, 0.6) is 0 Å². The summed E-state index contributed by atoms with van der Waals surface area (Å²) in [6, 6.07) is 4.33. The van der Waals surface area contributed by atoms with Crippen LogP contribution in [0.2, 0.25) is 5.02 Å². The zero-order chi connectivity index (χ0) is 15.3. The lowest BCUT2D eigenvalue weighted by atomic mass is 10.1. The van der Waals surface area contributed by atoms with Crippen molar-refractivity contribution in [1.29, 1.82) is 0 Å². The molecule has 0 aromatic heterocycles. The fraction of sp³-hybridized carbons (Fsp3) is 0.571. The van der Waals surface area contributed by atoms with Crippen molar-refractivity contribution in [2.75, 3.05) is 0 Å². The molecule has 0 radical (unpaired) electrons. The van der Waals surface area contributed by atoms with E-state index >= 15 is 0 Å². The van der Waals surface area contributed by atoms with Crippen molar-refractivity contribution in [3.8, 4) is 0 Å². The quantitative estimate of drug-likeness (QED) is 0.812. The highest BCUT2D eigenvalue weighted by Crippen LogP contribution is 2.23. The van der Waals surface area contributed by atoms with Gasteiger partial charge in [0.2, 0.25) is 10.0 Å². The molecule has 1 unspecified atom stereocenters. The fourth-order valence-electron chi connectivity index (χ4n) is 1.82. The molecule has 6 heteroatoms. The molecular formula is C14H22ClNO3S. The summed E-state index contributed by atoms with van der Waals surface area (Å²) in [4.78, 5) is 0.0158. The highest BCUT2D eigenvalue weighted by molar-refractivity contribution is 7.89. The summed E-state index contributed by atoms with van der Waals surface area (Å²) in [5.41, 5.74) is 0.518. The largest absolute Gasteiger partial charge is 0.392 e. The number of aliphatic hydroxyl groups is 1. The van der Waals surface area contributed by atoms with E-state index in [9.17, 15) is 8.42 Å². The first-order chi connectivity index (χ1) is 9.26. The summed E-state index contributed by atoms with van der Waals surface area (Å²) in [6.07, 6.45) is 1.72. The van der Waals surface area contributed by atoms with Crippen LogP contribution in [-0.4, -0.2) is 19.6 Å². The molecule has 4 nitrogen and oxygen atoms in total. The zero-order valence-electron chi connectivity index (χ0n) is 12.1. The first-order valence-electron chi connectivity index (χ1n) is 6.68. The first-order valence-corrected chi connectivity index (χ1v) is 8.54. The van der Waals surface area contributed by atoms with Crippen LogP contribution in [0.15, 0.2) is 23.1 Å². The second kappa shape index (κ2) is 7.41. The van der Waals surface area contributed by atoms with Gasteiger partial charge in [0.1, 0.15) is 4.90 Å². The van der Waals surface area contributed by atoms with Gasteiger partial charge in [-0.3, -0.25) is 0 Å². The molecule has 0 bridgehead atoms. The Morgan fingerprint density at radius 3 is 2.45 bits per heavy atom. The van der Waals surface area contributed by atoms with Gasteiger partial charge in [-0.1, -0.05) is 31.5 Å². The van der Waals surface area contributed by atoms with Crippen LogP contribution >= 0.6 is 11.6 Å². The maximum Gasteiger partial charge on any atom is 0.242 e. The van der Waals surface area contributed by atoms with Gasteiger partial charge >= 0.3 is 0 Å². The van der Waals surface area contributed by atoms with E-state index in [4.69, 9.17) is 16.7 Å². The summed E-state index contributed by atoms with van der Waals surface area (Å²) in [6.45, 7) is 5.82. The van der Waals surface area contributed by atoms with Gasteiger partial charge in [-0.25, -0.2) is 13.1 Å². The summed E-state index contributed by atoms with van der Waals surface area (Å²) < 4.78 is 27.2. The molecule has 0 amide bonds. The fourth-order valence-corrected chi connectivity index (χ4v) is 3.65. The SMILES string of the molecule is CC(C)CCC(C)NS(=O)(=O)c1cc(CO)ccc1Cl. The molecule has 0 saturated carbocycles. The van der Waals surface area contributed by atoms with Gasteiger partial charge in [-0.2, -0.15) is 0 Å². The van der Waals surface area contributed by atoms with Gasteiger partial charge < -0.3 is 5.11 Å². The van der Waals surface area contributed by atoms with Gasteiger partial charge in [-0.05, 0) is 43.4 Å². The minimum Gasteiger partial charge on any atom is -0.392 e. The van der Waals surface area contributed by atoms with Crippen LogP contribution in [0, 0.1) is 5.92 Å². The predicted molar refractivity (Wildman–Crippen MR) is 81.2 cm³/mol. The normalized spacial score (nSPS) is 13.7. The molecule has 0 saturated heterocycles. The van der Waals surface area contributed by atoms with Crippen molar-refractivity contribution >= 4 is 21.6 Å². The minimum atomic E-state index is -3.66. The molecule has 1 aromatic rings. The van der Waals surface area contributed by atoms with Crippen molar-refractivity contribution in [3.63, 3.8) is 0 Å². The van der Waals surface area contributed by atoms with Gasteiger partial charge in [0.25, 0.3) is 0 Å². The summed E-state index contributed by atoms with van der Waals surface area (Å²) >= 11 is 5.95. The number of aliphatic hydroxyl groups excluding tert-OH is 1. The maximum absolute atomic E-state index is 12.3. The molecule has 1 aromatic carbocycles. The van der Waals surface area contributed by atoms with E-state index in [1.165, 1.54) is 12.1 Å². The van der Waals surface area contributed by atoms with Crippen molar-refractivity contribution in [3.05, 3.63) is 28.8 Å². The third kappa shape index (κ3) is 5.05. The standard InChI is InChI=1S/C14H22ClNO3S/c1-10(2)4-5-11(3)16-20(18,19)14-8-12(9-17)6-7-13(14)15/h6-8,10-11,16-17H,4-5,9H2,1-3H3. The van der Waals surface area contributed by atoms with Crippen molar-refractivity contribution < 1.29 is 13.5 Å². The van der Waals surface area contributed by atoms with E-state index in [0.717, 1.165) is 12.8 Å². The topological polar surface area (TPSA) is 66.4 Å². The Hall–Kier alpha value is -0.620.